The number of aromatic amines is 1. The van der Waals surface area contributed by atoms with E-state index < -0.39 is 0 Å². The topological polar surface area (TPSA) is 58.5 Å². The molecule has 29 heavy (non-hydrogen) atoms. The van der Waals surface area contributed by atoms with Crippen molar-refractivity contribution in [2.45, 2.75) is 40.3 Å². The van der Waals surface area contributed by atoms with Gasteiger partial charge in [0, 0.05) is 41.7 Å². The molecule has 0 saturated heterocycles. The summed E-state index contributed by atoms with van der Waals surface area (Å²) in [7, 11) is 0. The predicted molar refractivity (Wildman–Crippen MR) is 117 cm³/mol. The van der Waals surface area contributed by atoms with Crippen molar-refractivity contribution >= 4 is 0 Å². The highest BCUT2D eigenvalue weighted by molar-refractivity contribution is 5.64. The van der Waals surface area contributed by atoms with Crippen molar-refractivity contribution in [3.8, 4) is 16.9 Å². The van der Waals surface area contributed by atoms with Crippen molar-refractivity contribution in [1.82, 2.24) is 25.3 Å². The molecule has 0 aliphatic carbocycles. The first-order chi connectivity index (χ1) is 14.2. The predicted octanol–water partition coefficient (Wildman–Crippen LogP) is 4.73. The van der Waals surface area contributed by atoms with Crippen molar-refractivity contribution in [3.63, 3.8) is 0 Å². The molecule has 0 aliphatic heterocycles. The molecule has 0 bridgehead atoms. The molecule has 0 saturated carbocycles. The Bertz CT molecular complexity index is 1090. The summed E-state index contributed by atoms with van der Waals surface area (Å²) in [5, 5.41) is 15.6. The van der Waals surface area contributed by atoms with Crippen LogP contribution in [0.2, 0.25) is 0 Å². The van der Waals surface area contributed by atoms with Gasteiger partial charge in [-0.05, 0) is 37.5 Å². The van der Waals surface area contributed by atoms with Gasteiger partial charge in [0.25, 0.3) is 0 Å². The molecule has 4 rings (SSSR count). The molecule has 2 N–H and O–H groups in total. The van der Waals surface area contributed by atoms with Crippen LogP contribution in [-0.4, -0.2) is 20.0 Å². The largest absolute Gasteiger partial charge is 0.308 e. The summed E-state index contributed by atoms with van der Waals surface area (Å²) in [6.07, 6.45) is 5.06. The highest BCUT2D eigenvalue weighted by atomic mass is 15.3. The van der Waals surface area contributed by atoms with Crippen LogP contribution < -0.4 is 5.32 Å². The average Bonchev–Trinajstić information content (AvgIpc) is 3.35. The van der Waals surface area contributed by atoms with Gasteiger partial charge in [-0.2, -0.15) is 10.2 Å². The van der Waals surface area contributed by atoms with E-state index in [4.69, 9.17) is 5.10 Å². The Hall–Kier alpha value is -3.18. The average molecular weight is 386 g/mol. The molecule has 0 aliphatic rings. The van der Waals surface area contributed by atoms with Crippen LogP contribution in [-0.2, 0) is 19.5 Å². The summed E-state index contributed by atoms with van der Waals surface area (Å²) >= 11 is 0. The van der Waals surface area contributed by atoms with E-state index in [-0.39, 0.29) is 0 Å². The number of aromatic nitrogens is 4. The van der Waals surface area contributed by atoms with E-state index in [0.29, 0.717) is 0 Å². The number of para-hydroxylation sites is 1. The summed E-state index contributed by atoms with van der Waals surface area (Å²) in [5.74, 6) is 0. The van der Waals surface area contributed by atoms with Gasteiger partial charge in [-0.15, -0.1) is 0 Å². The number of nitrogens with one attached hydrogen (secondary N) is 2. The maximum absolute atomic E-state index is 4.96. The number of aryl methyl sites for hydroxylation is 3. The standard InChI is InChI=1S/C24H27N5/c1-4-19-9-11-20(12-10-19)24-22(14-25-13-21-15-26-27-18(21)3)16-29(28-24)23-8-6-5-7-17(23)2/h5-12,15-16,25H,4,13-14H2,1-3H3,(H,26,27). The van der Waals surface area contributed by atoms with E-state index in [9.17, 15) is 0 Å². The Morgan fingerprint density at radius 3 is 2.41 bits per heavy atom. The zero-order valence-electron chi connectivity index (χ0n) is 17.2. The van der Waals surface area contributed by atoms with Crippen molar-refractivity contribution in [2.24, 2.45) is 0 Å². The van der Waals surface area contributed by atoms with Gasteiger partial charge in [0.2, 0.25) is 0 Å². The Morgan fingerprint density at radius 2 is 1.72 bits per heavy atom. The monoisotopic (exact) mass is 385 g/mol. The molecule has 2 aromatic heterocycles. The Morgan fingerprint density at radius 1 is 0.966 bits per heavy atom. The fourth-order valence-electron chi connectivity index (χ4n) is 3.51. The van der Waals surface area contributed by atoms with Gasteiger partial charge < -0.3 is 5.32 Å². The van der Waals surface area contributed by atoms with Crippen molar-refractivity contribution in [2.75, 3.05) is 0 Å². The molecule has 2 heterocycles. The first kappa shape index (κ1) is 19.2. The van der Waals surface area contributed by atoms with Crippen LogP contribution in [0.5, 0.6) is 0 Å². The number of benzene rings is 2. The quantitative estimate of drug-likeness (QED) is 0.483. The minimum atomic E-state index is 0.737. The van der Waals surface area contributed by atoms with Crippen LogP contribution in [0.4, 0.5) is 0 Å². The van der Waals surface area contributed by atoms with Crippen LogP contribution in [0, 0.1) is 13.8 Å². The third-order valence-electron chi connectivity index (χ3n) is 5.35. The van der Waals surface area contributed by atoms with E-state index in [1.165, 1.54) is 22.3 Å². The summed E-state index contributed by atoms with van der Waals surface area (Å²) in [5.41, 5.74) is 9.28. The number of hydrogen-bond donors (Lipinski definition) is 2. The molecule has 0 radical (unpaired) electrons. The second-order valence-electron chi connectivity index (χ2n) is 7.41. The fraction of sp³-hybridized carbons (Fsp3) is 0.250. The van der Waals surface area contributed by atoms with E-state index >= 15 is 0 Å². The molecule has 148 valence electrons. The summed E-state index contributed by atoms with van der Waals surface area (Å²) in [6, 6.07) is 17.1. The van der Waals surface area contributed by atoms with Crippen molar-refractivity contribution < 1.29 is 0 Å². The van der Waals surface area contributed by atoms with Crippen molar-refractivity contribution in [1.29, 1.82) is 0 Å². The minimum Gasteiger partial charge on any atom is -0.308 e. The van der Waals surface area contributed by atoms with Crippen LogP contribution in [0.1, 0.15) is 34.9 Å². The molecule has 4 aromatic rings. The maximum Gasteiger partial charge on any atom is 0.0972 e. The fourth-order valence-corrected chi connectivity index (χ4v) is 3.51. The highest BCUT2D eigenvalue weighted by Crippen LogP contribution is 2.25. The smallest absolute Gasteiger partial charge is 0.0972 e. The number of H-pyrrole nitrogens is 1. The Labute approximate surface area is 171 Å². The third kappa shape index (κ3) is 4.15. The molecule has 0 unspecified atom stereocenters. The van der Waals surface area contributed by atoms with Gasteiger partial charge in [-0.3, -0.25) is 5.10 Å². The Kier molecular flexibility index (Phi) is 5.58. The molecule has 2 aromatic carbocycles. The van der Waals surface area contributed by atoms with Gasteiger partial charge in [0.1, 0.15) is 0 Å². The zero-order chi connectivity index (χ0) is 20.2. The molecule has 5 nitrogen and oxygen atoms in total. The van der Waals surface area contributed by atoms with Gasteiger partial charge in [-0.25, -0.2) is 4.68 Å². The van der Waals surface area contributed by atoms with Gasteiger partial charge in [0.15, 0.2) is 0 Å². The van der Waals surface area contributed by atoms with Gasteiger partial charge in [-0.1, -0.05) is 49.4 Å². The first-order valence-corrected chi connectivity index (χ1v) is 10.1. The summed E-state index contributed by atoms with van der Waals surface area (Å²) in [6.45, 7) is 7.84. The third-order valence-corrected chi connectivity index (χ3v) is 5.35. The van der Waals surface area contributed by atoms with Crippen molar-refractivity contribution in [3.05, 3.63) is 88.9 Å². The number of rotatable bonds is 7. The maximum atomic E-state index is 4.96. The summed E-state index contributed by atoms with van der Waals surface area (Å²) in [4.78, 5) is 0. The van der Waals surface area contributed by atoms with Gasteiger partial charge >= 0.3 is 0 Å². The molecule has 0 atom stereocenters. The van der Waals surface area contributed by atoms with E-state index in [0.717, 1.165) is 42.1 Å². The zero-order valence-corrected chi connectivity index (χ0v) is 17.2. The lowest BCUT2D eigenvalue weighted by atomic mass is 10.0. The lowest BCUT2D eigenvalue weighted by Gasteiger charge is -2.06. The SMILES string of the molecule is CCc1ccc(-c2nn(-c3ccccc3C)cc2CNCc2cn[nH]c2C)cc1. The minimum absolute atomic E-state index is 0.737. The van der Waals surface area contributed by atoms with E-state index in [1.54, 1.807) is 0 Å². The van der Waals surface area contributed by atoms with Crippen LogP contribution in [0.15, 0.2) is 60.9 Å². The molecule has 0 fully saturated rings. The highest BCUT2D eigenvalue weighted by Gasteiger charge is 2.13. The first-order valence-electron chi connectivity index (χ1n) is 10.1. The molecule has 0 amide bonds. The Balaban J connectivity index is 1.65. The second kappa shape index (κ2) is 8.45. The molecular weight excluding hydrogens is 358 g/mol. The van der Waals surface area contributed by atoms with Crippen LogP contribution in [0.3, 0.4) is 0 Å². The van der Waals surface area contributed by atoms with Crippen LogP contribution in [0.25, 0.3) is 16.9 Å². The number of hydrogen-bond acceptors (Lipinski definition) is 3. The van der Waals surface area contributed by atoms with E-state index in [1.807, 2.05) is 17.8 Å². The van der Waals surface area contributed by atoms with Gasteiger partial charge in [0.05, 0.1) is 17.6 Å². The van der Waals surface area contributed by atoms with E-state index in [2.05, 4.69) is 84.1 Å². The molecule has 0 spiro atoms. The second-order valence-corrected chi connectivity index (χ2v) is 7.41. The lowest BCUT2D eigenvalue weighted by Crippen LogP contribution is -2.13. The lowest BCUT2D eigenvalue weighted by molar-refractivity contribution is 0.691. The van der Waals surface area contributed by atoms with Crippen LogP contribution >= 0.6 is 0 Å². The molecular formula is C24H27N5. The molecule has 5 heteroatoms. The summed E-state index contributed by atoms with van der Waals surface area (Å²) < 4.78 is 2.00. The number of nitrogens with zero attached hydrogens (tertiary/aromatic N) is 3. The normalized spacial score (nSPS) is 11.1.